The SMILES string of the molecule is Cc1ccccc1C(CN)Oc1ccccc1F. The molecule has 0 heterocycles. The summed E-state index contributed by atoms with van der Waals surface area (Å²) in [5, 5.41) is 0. The van der Waals surface area contributed by atoms with Gasteiger partial charge in [0.25, 0.3) is 0 Å². The lowest BCUT2D eigenvalue weighted by molar-refractivity contribution is 0.204. The Morgan fingerprint density at radius 1 is 1.11 bits per heavy atom. The second kappa shape index (κ2) is 5.65. The van der Waals surface area contributed by atoms with Gasteiger partial charge in [-0.05, 0) is 30.2 Å². The van der Waals surface area contributed by atoms with Crippen molar-refractivity contribution in [2.75, 3.05) is 6.54 Å². The van der Waals surface area contributed by atoms with E-state index in [1.54, 1.807) is 18.2 Å². The van der Waals surface area contributed by atoms with Crippen molar-refractivity contribution >= 4 is 0 Å². The highest BCUT2D eigenvalue weighted by Gasteiger charge is 2.15. The third kappa shape index (κ3) is 2.68. The molecule has 0 saturated carbocycles. The molecule has 0 radical (unpaired) electrons. The van der Waals surface area contributed by atoms with Crippen LogP contribution in [0.2, 0.25) is 0 Å². The molecule has 0 aliphatic carbocycles. The molecule has 2 rings (SSSR count). The Balaban J connectivity index is 2.26. The van der Waals surface area contributed by atoms with Crippen LogP contribution in [0.15, 0.2) is 48.5 Å². The van der Waals surface area contributed by atoms with Crippen LogP contribution in [0.1, 0.15) is 17.2 Å². The number of hydrogen-bond donors (Lipinski definition) is 1. The molecule has 0 saturated heterocycles. The van der Waals surface area contributed by atoms with Crippen LogP contribution in [-0.4, -0.2) is 6.54 Å². The Bertz CT molecular complexity index is 527. The molecular weight excluding hydrogens is 229 g/mol. The van der Waals surface area contributed by atoms with Gasteiger partial charge in [0.2, 0.25) is 0 Å². The van der Waals surface area contributed by atoms with Crippen molar-refractivity contribution in [3.63, 3.8) is 0 Å². The maximum Gasteiger partial charge on any atom is 0.165 e. The normalized spacial score (nSPS) is 12.2. The maximum atomic E-state index is 13.5. The molecule has 94 valence electrons. The van der Waals surface area contributed by atoms with Crippen molar-refractivity contribution < 1.29 is 9.13 Å². The minimum Gasteiger partial charge on any atom is -0.481 e. The van der Waals surface area contributed by atoms with Crippen molar-refractivity contribution in [1.82, 2.24) is 0 Å². The minimum atomic E-state index is -0.371. The summed E-state index contributed by atoms with van der Waals surface area (Å²) in [4.78, 5) is 0. The molecule has 0 aromatic heterocycles. The number of para-hydroxylation sites is 1. The molecule has 0 aliphatic heterocycles. The van der Waals surface area contributed by atoms with E-state index in [0.717, 1.165) is 11.1 Å². The van der Waals surface area contributed by atoms with Crippen LogP contribution < -0.4 is 10.5 Å². The smallest absolute Gasteiger partial charge is 0.165 e. The number of halogens is 1. The molecule has 0 spiro atoms. The molecule has 2 N–H and O–H groups in total. The highest BCUT2D eigenvalue weighted by atomic mass is 19.1. The third-order valence-corrected chi connectivity index (χ3v) is 2.86. The predicted molar refractivity (Wildman–Crippen MR) is 70.0 cm³/mol. The van der Waals surface area contributed by atoms with Gasteiger partial charge in [-0.1, -0.05) is 36.4 Å². The van der Waals surface area contributed by atoms with Crippen LogP contribution in [0.3, 0.4) is 0 Å². The van der Waals surface area contributed by atoms with Gasteiger partial charge >= 0.3 is 0 Å². The number of nitrogens with two attached hydrogens (primary N) is 1. The van der Waals surface area contributed by atoms with E-state index < -0.39 is 0 Å². The zero-order chi connectivity index (χ0) is 13.0. The summed E-state index contributed by atoms with van der Waals surface area (Å²) in [6.45, 7) is 2.29. The first-order valence-corrected chi connectivity index (χ1v) is 5.89. The standard InChI is InChI=1S/C15H16FNO/c1-11-6-2-3-7-12(11)15(10-17)18-14-9-5-4-8-13(14)16/h2-9,15H,10,17H2,1H3. The van der Waals surface area contributed by atoms with Crippen molar-refractivity contribution in [2.45, 2.75) is 13.0 Å². The fourth-order valence-corrected chi connectivity index (χ4v) is 1.88. The van der Waals surface area contributed by atoms with E-state index in [4.69, 9.17) is 10.5 Å². The summed E-state index contributed by atoms with van der Waals surface area (Å²) < 4.78 is 19.2. The van der Waals surface area contributed by atoms with Crippen molar-refractivity contribution in [1.29, 1.82) is 0 Å². The third-order valence-electron chi connectivity index (χ3n) is 2.86. The Labute approximate surface area is 106 Å². The van der Waals surface area contributed by atoms with Crippen molar-refractivity contribution in [3.05, 3.63) is 65.5 Å². The quantitative estimate of drug-likeness (QED) is 0.897. The first-order chi connectivity index (χ1) is 8.72. The van der Waals surface area contributed by atoms with Gasteiger partial charge in [-0.25, -0.2) is 4.39 Å². The number of hydrogen-bond acceptors (Lipinski definition) is 2. The molecule has 1 atom stereocenters. The lowest BCUT2D eigenvalue weighted by atomic mass is 10.0. The van der Waals surface area contributed by atoms with Crippen molar-refractivity contribution in [2.24, 2.45) is 5.73 Å². The summed E-state index contributed by atoms with van der Waals surface area (Å²) in [5.41, 5.74) is 7.80. The summed E-state index contributed by atoms with van der Waals surface area (Å²) in [7, 11) is 0. The van der Waals surface area contributed by atoms with Crippen LogP contribution in [-0.2, 0) is 0 Å². The molecule has 0 bridgehead atoms. The summed E-state index contributed by atoms with van der Waals surface area (Å²) in [6, 6.07) is 14.2. The van der Waals surface area contributed by atoms with E-state index in [2.05, 4.69) is 0 Å². The molecule has 0 aliphatic rings. The highest BCUT2D eigenvalue weighted by Crippen LogP contribution is 2.25. The van der Waals surface area contributed by atoms with Crippen molar-refractivity contribution in [3.8, 4) is 5.75 Å². The molecule has 18 heavy (non-hydrogen) atoms. The predicted octanol–water partition coefficient (Wildman–Crippen LogP) is 3.21. The number of aryl methyl sites for hydroxylation is 1. The number of benzene rings is 2. The van der Waals surface area contributed by atoms with E-state index >= 15 is 0 Å². The van der Waals surface area contributed by atoms with Crippen LogP contribution in [0.5, 0.6) is 5.75 Å². The second-order valence-electron chi connectivity index (χ2n) is 4.13. The van der Waals surface area contributed by atoms with Crippen LogP contribution >= 0.6 is 0 Å². The summed E-state index contributed by atoms with van der Waals surface area (Å²) in [5.74, 6) is -0.138. The lowest BCUT2D eigenvalue weighted by Crippen LogP contribution is -2.19. The van der Waals surface area contributed by atoms with Gasteiger partial charge in [-0.3, -0.25) is 0 Å². The van der Waals surface area contributed by atoms with E-state index in [1.165, 1.54) is 6.07 Å². The molecule has 2 aromatic rings. The Hall–Kier alpha value is -1.87. The minimum absolute atomic E-state index is 0.233. The van der Waals surface area contributed by atoms with Crippen LogP contribution in [0, 0.1) is 12.7 Å². The first-order valence-electron chi connectivity index (χ1n) is 5.89. The highest BCUT2D eigenvalue weighted by molar-refractivity contribution is 5.30. The fourth-order valence-electron chi connectivity index (χ4n) is 1.88. The summed E-state index contributed by atoms with van der Waals surface area (Å²) >= 11 is 0. The molecule has 2 aromatic carbocycles. The molecular formula is C15H16FNO. The van der Waals surface area contributed by atoms with Gasteiger partial charge in [0.05, 0.1) is 0 Å². The van der Waals surface area contributed by atoms with Gasteiger partial charge < -0.3 is 10.5 Å². The monoisotopic (exact) mass is 245 g/mol. The van der Waals surface area contributed by atoms with E-state index in [0.29, 0.717) is 6.54 Å². The zero-order valence-electron chi connectivity index (χ0n) is 10.3. The average Bonchev–Trinajstić information content (AvgIpc) is 2.39. The topological polar surface area (TPSA) is 35.2 Å². The molecule has 0 amide bonds. The summed E-state index contributed by atoms with van der Waals surface area (Å²) in [6.07, 6.45) is -0.330. The van der Waals surface area contributed by atoms with E-state index in [9.17, 15) is 4.39 Å². The van der Waals surface area contributed by atoms with E-state index in [1.807, 2.05) is 31.2 Å². The van der Waals surface area contributed by atoms with Gasteiger partial charge in [0, 0.05) is 6.54 Å². The van der Waals surface area contributed by atoms with Gasteiger partial charge in [0.15, 0.2) is 11.6 Å². The second-order valence-corrected chi connectivity index (χ2v) is 4.13. The van der Waals surface area contributed by atoms with E-state index in [-0.39, 0.29) is 17.7 Å². The number of ether oxygens (including phenoxy) is 1. The van der Waals surface area contributed by atoms with Gasteiger partial charge in [0.1, 0.15) is 6.10 Å². The first kappa shape index (κ1) is 12.6. The molecule has 0 fully saturated rings. The van der Waals surface area contributed by atoms with Gasteiger partial charge in [-0.15, -0.1) is 0 Å². The Kier molecular flexibility index (Phi) is 3.95. The molecule has 3 heteroatoms. The Morgan fingerprint density at radius 3 is 2.44 bits per heavy atom. The maximum absolute atomic E-state index is 13.5. The Morgan fingerprint density at radius 2 is 1.78 bits per heavy atom. The molecule has 1 unspecified atom stereocenters. The van der Waals surface area contributed by atoms with Gasteiger partial charge in [-0.2, -0.15) is 0 Å². The number of rotatable bonds is 4. The fraction of sp³-hybridized carbons (Fsp3) is 0.200. The largest absolute Gasteiger partial charge is 0.481 e. The zero-order valence-corrected chi connectivity index (χ0v) is 10.3. The average molecular weight is 245 g/mol. The molecule has 2 nitrogen and oxygen atoms in total. The lowest BCUT2D eigenvalue weighted by Gasteiger charge is -2.19. The van der Waals surface area contributed by atoms with Crippen LogP contribution in [0.25, 0.3) is 0 Å². The van der Waals surface area contributed by atoms with Crippen LogP contribution in [0.4, 0.5) is 4.39 Å².